The maximum absolute atomic E-state index is 12.9. The van der Waals surface area contributed by atoms with E-state index in [1.54, 1.807) is 13.8 Å². The molecular weight excluding hydrogens is 316 g/mol. The minimum absolute atomic E-state index is 0.114. The standard InChI is InChI=1S/C15H24N4O3S/c1-11-14(12(2)17-16-11)23(21,22)19-9-5-6-13(10-19)15(20)18-7-3-4-8-18/h13H,3-10H2,1-2H3,(H,16,17). The Balaban J connectivity index is 1.79. The molecule has 1 atom stereocenters. The number of carbonyl (C=O) groups is 1. The number of likely N-dealkylation sites (tertiary alicyclic amines) is 1. The second-order valence-corrected chi connectivity index (χ2v) is 8.37. The van der Waals surface area contributed by atoms with Gasteiger partial charge in [0.2, 0.25) is 15.9 Å². The number of rotatable bonds is 3. The molecular formula is C15H24N4O3S. The van der Waals surface area contributed by atoms with Gasteiger partial charge in [-0.25, -0.2) is 8.42 Å². The zero-order chi connectivity index (χ0) is 16.6. The lowest BCUT2D eigenvalue weighted by atomic mass is 9.98. The Morgan fingerprint density at radius 1 is 1.17 bits per heavy atom. The molecule has 23 heavy (non-hydrogen) atoms. The lowest BCUT2D eigenvalue weighted by Crippen LogP contribution is -2.46. The topological polar surface area (TPSA) is 86.4 Å². The van der Waals surface area contributed by atoms with Crippen LogP contribution >= 0.6 is 0 Å². The number of hydrogen-bond donors (Lipinski definition) is 1. The Labute approximate surface area is 137 Å². The first-order chi connectivity index (χ1) is 10.9. The van der Waals surface area contributed by atoms with E-state index in [1.807, 2.05) is 4.90 Å². The summed E-state index contributed by atoms with van der Waals surface area (Å²) in [6.45, 7) is 5.76. The van der Waals surface area contributed by atoms with Crippen LogP contribution in [0.15, 0.2) is 4.90 Å². The van der Waals surface area contributed by atoms with Crippen LogP contribution in [0.1, 0.15) is 37.1 Å². The summed E-state index contributed by atoms with van der Waals surface area (Å²) in [5, 5.41) is 6.72. The van der Waals surface area contributed by atoms with E-state index in [2.05, 4.69) is 10.2 Å². The zero-order valence-electron chi connectivity index (χ0n) is 13.7. The maximum atomic E-state index is 12.9. The van der Waals surface area contributed by atoms with Crippen molar-refractivity contribution in [2.24, 2.45) is 5.92 Å². The SMILES string of the molecule is Cc1n[nH]c(C)c1S(=O)(=O)N1CCCC(C(=O)N2CCCC2)C1. The highest BCUT2D eigenvalue weighted by atomic mass is 32.2. The quantitative estimate of drug-likeness (QED) is 0.891. The zero-order valence-corrected chi connectivity index (χ0v) is 14.5. The number of sulfonamides is 1. The minimum atomic E-state index is -3.60. The number of hydrogen-bond acceptors (Lipinski definition) is 4. The van der Waals surface area contributed by atoms with Crippen LogP contribution in [0.25, 0.3) is 0 Å². The summed E-state index contributed by atoms with van der Waals surface area (Å²) in [4.78, 5) is 14.7. The first kappa shape index (κ1) is 16.4. The van der Waals surface area contributed by atoms with E-state index in [9.17, 15) is 13.2 Å². The molecule has 7 nitrogen and oxygen atoms in total. The first-order valence-corrected chi connectivity index (χ1v) is 9.66. The summed E-state index contributed by atoms with van der Waals surface area (Å²) >= 11 is 0. The fraction of sp³-hybridized carbons (Fsp3) is 0.733. The van der Waals surface area contributed by atoms with E-state index in [-0.39, 0.29) is 23.3 Å². The van der Waals surface area contributed by atoms with Crippen molar-refractivity contribution in [3.63, 3.8) is 0 Å². The molecule has 8 heteroatoms. The summed E-state index contributed by atoms with van der Waals surface area (Å²) in [6, 6.07) is 0. The van der Waals surface area contributed by atoms with Gasteiger partial charge < -0.3 is 4.90 Å². The van der Waals surface area contributed by atoms with E-state index < -0.39 is 10.0 Å². The third kappa shape index (κ3) is 3.01. The average molecular weight is 340 g/mol. The molecule has 0 bridgehead atoms. The number of aromatic amines is 1. The van der Waals surface area contributed by atoms with E-state index in [0.717, 1.165) is 38.8 Å². The molecule has 3 rings (SSSR count). The van der Waals surface area contributed by atoms with Crippen molar-refractivity contribution in [3.8, 4) is 0 Å². The number of aryl methyl sites for hydroxylation is 2. The predicted octanol–water partition coefficient (Wildman–Crippen LogP) is 1.05. The van der Waals surface area contributed by atoms with Crippen molar-refractivity contribution >= 4 is 15.9 Å². The lowest BCUT2D eigenvalue weighted by molar-refractivity contribution is -0.135. The van der Waals surface area contributed by atoms with E-state index in [4.69, 9.17) is 0 Å². The fourth-order valence-electron chi connectivity index (χ4n) is 3.61. The number of aromatic nitrogens is 2. The molecule has 1 amide bonds. The van der Waals surface area contributed by atoms with Crippen molar-refractivity contribution in [1.29, 1.82) is 0 Å². The summed E-state index contributed by atoms with van der Waals surface area (Å²) in [5.74, 6) is -0.104. The molecule has 0 saturated carbocycles. The highest BCUT2D eigenvalue weighted by Gasteiger charge is 2.37. The number of H-pyrrole nitrogens is 1. The summed E-state index contributed by atoms with van der Waals surface area (Å²) in [6.07, 6.45) is 3.59. The lowest BCUT2D eigenvalue weighted by Gasteiger charge is -2.33. The van der Waals surface area contributed by atoms with Crippen LogP contribution in [0.4, 0.5) is 0 Å². The average Bonchev–Trinajstić information content (AvgIpc) is 3.17. The molecule has 0 spiro atoms. The Morgan fingerprint density at radius 3 is 2.48 bits per heavy atom. The Kier molecular flexibility index (Phi) is 4.46. The number of piperidine rings is 1. The smallest absolute Gasteiger partial charge is 0.246 e. The molecule has 1 unspecified atom stereocenters. The summed E-state index contributed by atoms with van der Waals surface area (Å²) in [7, 11) is -3.60. The molecule has 0 aliphatic carbocycles. The first-order valence-electron chi connectivity index (χ1n) is 8.22. The molecule has 2 saturated heterocycles. The molecule has 1 N–H and O–H groups in total. The van der Waals surface area contributed by atoms with Crippen LogP contribution in [0.5, 0.6) is 0 Å². The van der Waals surface area contributed by atoms with Gasteiger partial charge in [-0.05, 0) is 39.5 Å². The van der Waals surface area contributed by atoms with Crippen molar-refractivity contribution in [1.82, 2.24) is 19.4 Å². The third-order valence-electron chi connectivity index (χ3n) is 4.81. The predicted molar refractivity (Wildman–Crippen MR) is 85.4 cm³/mol. The van der Waals surface area contributed by atoms with Crippen LogP contribution < -0.4 is 0 Å². The van der Waals surface area contributed by atoms with Crippen LogP contribution in [0.3, 0.4) is 0 Å². The Morgan fingerprint density at radius 2 is 1.87 bits per heavy atom. The molecule has 0 aromatic carbocycles. The summed E-state index contributed by atoms with van der Waals surface area (Å²) < 4.78 is 27.3. The van der Waals surface area contributed by atoms with Crippen LogP contribution in [-0.2, 0) is 14.8 Å². The molecule has 2 fully saturated rings. The van der Waals surface area contributed by atoms with Crippen LogP contribution in [0.2, 0.25) is 0 Å². The summed E-state index contributed by atoms with van der Waals surface area (Å²) in [5.41, 5.74) is 1.03. The third-order valence-corrected chi connectivity index (χ3v) is 6.94. The van der Waals surface area contributed by atoms with E-state index in [1.165, 1.54) is 4.31 Å². The van der Waals surface area contributed by atoms with Gasteiger partial charge in [-0.1, -0.05) is 0 Å². The van der Waals surface area contributed by atoms with Gasteiger partial charge in [-0.2, -0.15) is 9.40 Å². The van der Waals surface area contributed by atoms with Crippen molar-refractivity contribution < 1.29 is 13.2 Å². The van der Waals surface area contributed by atoms with Gasteiger partial charge in [-0.15, -0.1) is 0 Å². The van der Waals surface area contributed by atoms with Crippen molar-refractivity contribution in [2.45, 2.75) is 44.4 Å². The maximum Gasteiger partial charge on any atom is 0.246 e. The molecule has 2 aliphatic heterocycles. The van der Waals surface area contributed by atoms with E-state index in [0.29, 0.717) is 17.9 Å². The van der Waals surface area contributed by atoms with Gasteiger partial charge in [0.25, 0.3) is 0 Å². The van der Waals surface area contributed by atoms with Gasteiger partial charge >= 0.3 is 0 Å². The Hall–Kier alpha value is -1.41. The molecule has 1 aromatic rings. The molecule has 2 aliphatic rings. The van der Waals surface area contributed by atoms with Crippen LogP contribution in [0, 0.1) is 19.8 Å². The molecule has 3 heterocycles. The molecule has 0 radical (unpaired) electrons. The fourth-order valence-corrected chi connectivity index (χ4v) is 5.46. The highest BCUT2D eigenvalue weighted by molar-refractivity contribution is 7.89. The van der Waals surface area contributed by atoms with Crippen molar-refractivity contribution in [2.75, 3.05) is 26.2 Å². The van der Waals surface area contributed by atoms with Gasteiger partial charge in [0.1, 0.15) is 4.90 Å². The largest absolute Gasteiger partial charge is 0.342 e. The number of nitrogens with zero attached hydrogens (tertiary/aromatic N) is 3. The monoisotopic (exact) mass is 340 g/mol. The number of nitrogens with one attached hydrogen (secondary N) is 1. The van der Waals surface area contributed by atoms with Gasteiger partial charge in [0.05, 0.1) is 17.3 Å². The second kappa shape index (κ2) is 6.24. The Bertz CT molecular complexity index is 672. The van der Waals surface area contributed by atoms with Gasteiger partial charge in [0, 0.05) is 26.2 Å². The molecule has 1 aromatic heterocycles. The van der Waals surface area contributed by atoms with Gasteiger partial charge in [0.15, 0.2) is 0 Å². The highest BCUT2D eigenvalue weighted by Crippen LogP contribution is 2.28. The van der Waals surface area contributed by atoms with E-state index >= 15 is 0 Å². The van der Waals surface area contributed by atoms with Crippen molar-refractivity contribution in [3.05, 3.63) is 11.4 Å². The van der Waals surface area contributed by atoms with Crippen LogP contribution in [-0.4, -0.2) is 59.9 Å². The van der Waals surface area contributed by atoms with Gasteiger partial charge in [-0.3, -0.25) is 9.89 Å². The number of amides is 1. The minimum Gasteiger partial charge on any atom is -0.342 e. The molecule has 128 valence electrons. The number of carbonyl (C=O) groups excluding carboxylic acids is 1. The second-order valence-electron chi connectivity index (χ2n) is 6.50. The normalized spacial score (nSPS) is 23.4.